The Morgan fingerprint density at radius 2 is 2.00 bits per heavy atom. The Hall–Kier alpha value is -2.76. The average Bonchev–Trinajstić information content (AvgIpc) is 3.33. The lowest BCUT2D eigenvalue weighted by atomic mass is 9.47. The molecule has 1 amide bonds. The fourth-order valence-electron chi connectivity index (χ4n) is 7.42. The van der Waals surface area contributed by atoms with Crippen molar-refractivity contribution in [1.29, 1.82) is 0 Å². The minimum absolute atomic E-state index is 0.0486. The minimum atomic E-state index is -1.43. The summed E-state index contributed by atoms with van der Waals surface area (Å²) in [4.78, 5) is 37.6. The van der Waals surface area contributed by atoms with Crippen LogP contribution in [0, 0.1) is 33.9 Å². The first-order chi connectivity index (χ1) is 19.7. The van der Waals surface area contributed by atoms with Crippen molar-refractivity contribution in [3.8, 4) is 0 Å². The number of amides is 1. The molecule has 2 fully saturated rings. The lowest BCUT2D eigenvalue weighted by Gasteiger charge is -2.60. The van der Waals surface area contributed by atoms with Crippen LogP contribution in [0.25, 0.3) is 0 Å². The lowest BCUT2D eigenvalue weighted by Crippen LogP contribution is -2.58. The highest BCUT2D eigenvalue weighted by molar-refractivity contribution is 6.61. The smallest absolute Gasteiger partial charge is 0.459 e. The van der Waals surface area contributed by atoms with Gasteiger partial charge in [-0.05, 0) is 67.9 Å². The highest BCUT2D eigenvalue weighted by Crippen LogP contribution is 2.62. The molecule has 42 heavy (non-hydrogen) atoms. The van der Waals surface area contributed by atoms with Gasteiger partial charge in [-0.25, -0.2) is 14.0 Å². The minimum Gasteiger partial charge on any atom is -0.459 e. The highest BCUT2D eigenvalue weighted by Gasteiger charge is 2.58. The van der Waals surface area contributed by atoms with Gasteiger partial charge in [-0.2, -0.15) is 0 Å². The standard InChI is InChI=1S/C31H43BFNO8/c1-7-29(5)14-23(30(6)17-31(12-10-18(30)2,13-11-19(3)35)20(4)27(29)37)42-24(36)16-40-28(38)34-22-9-8-21-15-41-32(39)25(21)26(22)33/h7-9,18,20,23,27,37,39H,1,10-17H2,2-6H3,(H,34,38)/t18-,20+,23-,27+,29-,30+,31-/m1/s1. The van der Waals surface area contributed by atoms with Crippen LogP contribution in [-0.4, -0.2) is 53.9 Å². The summed E-state index contributed by atoms with van der Waals surface area (Å²) in [6.07, 6.45) is 3.04. The molecule has 7 atom stereocenters. The number of ether oxygens (including phenoxy) is 2. The van der Waals surface area contributed by atoms with Gasteiger partial charge >= 0.3 is 19.2 Å². The summed E-state index contributed by atoms with van der Waals surface area (Å²) in [5.74, 6) is -1.43. The maximum absolute atomic E-state index is 14.8. The Morgan fingerprint density at radius 3 is 2.67 bits per heavy atom. The molecule has 0 unspecified atom stereocenters. The third-order valence-corrected chi connectivity index (χ3v) is 10.6. The molecule has 1 aromatic rings. The number of ketones is 1. The molecule has 9 nitrogen and oxygen atoms in total. The van der Waals surface area contributed by atoms with Crippen LogP contribution in [0.15, 0.2) is 24.8 Å². The second kappa shape index (κ2) is 12.1. The molecular weight excluding hydrogens is 544 g/mol. The van der Waals surface area contributed by atoms with Crippen molar-refractivity contribution in [3.05, 3.63) is 36.2 Å². The SMILES string of the molecule is C=C[C@]1(C)C[C@@H](OC(=O)COC(=O)Nc2ccc3c(c2F)B(O)OC3)[C@@]2(C)C[C@](CCC(C)=O)(CC[C@H]2C)[C@@H](C)[C@@H]1O. The van der Waals surface area contributed by atoms with Crippen molar-refractivity contribution < 1.29 is 43.0 Å². The predicted octanol–water partition coefficient (Wildman–Crippen LogP) is 4.28. The fraction of sp³-hybridized carbons (Fsp3) is 0.645. The number of nitrogens with one attached hydrogen (secondary N) is 1. The molecule has 230 valence electrons. The van der Waals surface area contributed by atoms with Gasteiger partial charge < -0.3 is 29.1 Å². The van der Waals surface area contributed by atoms with E-state index in [2.05, 4.69) is 32.7 Å². The number of Topliss-reactive ketones (excluding diaryl/α,β-unsaturated/α-hetero) is 1. The van der Waals surface area contributed by atoms with E-state index in [1.165, 1.54) is 12.1 Å². The van der Waals surface area contributed by atoms with Gasteiger partial charge in [-0.1, -0.05) is 39.8 Å². The zero-order chi connectivity index (χ0) is 31.0. The van der Waals surface area contributed by atoms with Gasteiger partial charge in [0, 0.05) is 22.7 Å². The van der Waals surface area contributed by atoms with E-state index >= 15 is 0 Å². The second-order valence-electron chi connectivity index (χ2n) is 13.2. The quantitative estimate of drug-likeness (QED) is 0.234. The molecule has 0 spiro atoms. The van der Waals surface area contributed by atoms with Crippen LogP contribution >= 0.6 is 0 Å². The number of anilines is 1. The molecule has 2 aliphatic carbocycles. The van der Waals surface area contributed by atoms with E-state index in [0.717, 1.165) is 12.8 Å². The number of rotatable bonds is 8. The van der Waals surface area contributed by atoms with Gasteiger partial charge in [0.25, 0.3) is 0 Å². The van der Waals surface area contributed by atoms with Crippen LogP contribution in [0.3, 0.4) is 0 Å². The number of hydrogen-bond acceptors (Lipinski definition) is 8. The number of aliphatic hydroxyl groups excluding tert-OH is 1. The molecule has 1 heterocycles. The van der Waals surface area contributed by atoms with E-state index < -0.39 is 54.6 Å². The number of fused-ring (bicyclic) bond motifs is 3. The van der Waals surface area contributed by atoms with Gasteiger partial charge in [0.2, 0.25) is 0 Å². The maximum atomic E-state index is 14.8. The third-order valence-electron chi connectivity index (χ3n) is 10.6. The molecule has 1 aromatic carbocycles. The van der Waals surface area contributed by atoms with Gasteiger partial charge in [0.15, 0.2) is 6.61 Å². The monoisotopic (exact) mass is 587 g/mol. The Bertz CT molecular complexity index is 1240. The predicted molar refractivity (Wildman–Crippen MR) is 155 cm³/mol. The summed E-state index contributed by atoms with van der Waals surface area (Å²) < 4.78 is 30.9. The van der Waals surface area contributed by atoms with Gasteiger partial charge in [0.1, 0.15) is 17.7 Å². The Kier molecular flexibility index (Phi) is 9.26. The van der Waals surface area contributed by atoms with E-state index in [4.69, 9.17) is 14.1 Å². The second-order valence-corrected chi connectivity index (χ2v) is 13.2. The van der Waals surface area contributed by atoms with E-state index in [9.17, 15) is 28.9 Å². The molecule has 0 aromatic heterocycles. The van der Waals surface area contributed by atoms with Crippen LogP contribution in [-0.2, 0) is 30.3 Å². The number of benzene rings is 1. The van der Waals surface area contributed by atoms with E-state index in [0.29, 0.717) is 31.2 Å². The van der Waals surface area contributed by atoms with Crippen LogP contribution in [0.2, 0.25) is 0 Å². The number of aliphatic hydroxyl groups is 1. The Morgan fingerprint density at radius 1 is 1.29 bits per heavy atom. The first-order valence-corrected chi connectivity index (χ1v) is 14.7. The molecule has 1 aliphatic heterocycles. The lowest BCUT2D eigenvalue weighted by molar-refractivity contribution is -0.191. The van der Waals surface area contributed by atoms with E-state index in [-0.39, 0.29) is 40.8 Å². The number of carbonyl (C=O) groups excluding carboxylic acids is 3. The van der Waals surface area contributed by atoms with E-state index in [1.54, 1.807) is 13.0 Å². The van der Waals surface area contributed by atoms with Gasteiger partial charge in [0.05, 0.1) is 18.4 Å². The van der Waals surface area contributed by atoms with E-state index in [1.807, 2.05) is 6.92 Å². The first-order valence-electron chi connectivity index (χ1n) is 14.7. The van der Waals surface area contributed by atoms with Crippen molar-refractivity contribution in [1.82, 2.24) is 0 Å². The molecule has 0 radical (unpaired) electrons. The topological polar surface area (TPSA) is 131 Å². The Balaban J connectivity index is 1.50. The molecule has 2 saturated carbocycles. The number of halogens is 1. The molecule has 4 rings (SSSR count). The van der Waals surface area contributed by atoms with Crippen molar-refractivity contribution in [2.45, 2.75) is 92.0 Å². The summed E-state index contributed by atoms with van der Waals surface area (Å²) in [6.45, 7) is 13.1. The molecule has 11 heteroatoms. The number of hydrogen-bond donors (Lipinski definition) is 3. The zero-order valence-corrected chi connectivity index (χ0v) is 25.2. The van der Waals surface area contributed by atoms with Crippen LogP contribution in [0.5, 0.6) is 0 Å². The number of esters is 1. The summed E-state index contributed by atoms with van der Waals surface area (Å²) in [7, 11) is -1.43. The maximum Gasteiger partial charge on any atom is 0.494 e. The van der Waals surface area contributed by atoms with Gasteiger partial charge in [-0.3, -0.25) is 5.32 Å². The van der Waals surface area contributed by atoms with Gasteiger partial charge in [-0.15, -0.1) is 6.58 Å². The summed E-state index contributed by atoms with van der Waals surface area (Å²) in [5, 5.41) is 23.7. The summed E-state index contributed by atoms with van der Waals surface area (Å²) >= 11 is 0. The molecule has 3 N–H and O–H groups in total. The summed E-state index contributed by atoms with van der Waals surface area (Å²) in [5.41, 5.74) is -1.36. The highest BCUT2D eigenvalue weighted by atomic mass is 19.1. The van der Waals surface area contributed by atoms with Crippen molar-refractivity contribution in [2.24, 2.45) is 28.1 Å². The molecule has 0 saturated heterocycles. The normalized spacial score (nSPS) is 34.0. The molecule has 3 aliphatic rings. The Labute approximate surface area is 247 Å². The number of carbonyl (C=O) groups is 3. The summed E-state index contributed by atoms with van der Waals surface area (Å²) in [6, 6.07) is 2.86. The first kappa shape index (κ1) is 32.2. The molecular formula is C31H43BFNO8. The largest absolute Gasteiger partial charge is 0.494 e. The fourth-order valence-corrected chi connectivity index (χ4v) is 7.42. The van der Waals surface area contributed by atoms with Crippen molar-refractivity contribution >= 4 is 36.1 Å². The van der Waals surface area contributed by atoms with Crippen LogP contribution < -0.4 is 10.8 Å². The van der Waals surface area contributed by atoms with Crippen molar-refractivity contribution in [3.63, 3.8) is 0 Å². The third kappa shape index (κ3) is 6.01. The van der Waals surface area contributed by atoms with Crippen LogP contribution in [0.4, 0.5) is 14.9 Å². The zero-order valence-electron chi connectivity index (χ0n) is 25.2. The van der Waals surface area contributed by atoms with Crippen LogP contribution in [0.1, 0.15) is 78.7 Å². The van der Waals surface area contributed by atoms with Crippen molar-refractivity contribution in [2.75, 3.05) is 11.9 Å². The molecule has 2 bridgehead atoms. The average molecular weight is 587 g/mol.